The van der Waals surface area contributed by atoms with E-state index >= 15 is 0 Å². The Morgan fingerprint density at radius 3 is 2.33 bits per heavy atom. The van der Waals surface area contributed by atoms with Gasteiger partial charge in [0, 0.05) is 5.56 Å². The maximum Gasteiger partial charge on any atom is 0.326 e. The van der Waals surface area contributed by atoms with Crippen molar-refractivity contribution in [2.45, 2.75) is 38.6 Å². The second-order valence-corrected chi connectivity index (χ2v) is 4.84. The molecule has 4 N–H and O–H groups in total. The molecule has 2 amide bonds. The Bertz CT molecular complexity index is 511. The van der Waals surface area contributed by atoms with Crippen LogP contribution in [0.4, 0.5) is 0 Å². The number of primary amides is 1. The largest absolute Gasteiger partial charge is 0.480 e. The number of amides is 2. The van der Waals surface area contributed by atoms with Crippen molar-refractivity contribution in [2.75, 3.05) is 0 Å². The van der Waals surface area contributed by atoms with Crippen LogP contribution in [0.1, 0.15) is 42.1 Å². The predicted octanol–water partition coefficient (Wildman–Crippen LogP) is 1.09. The molecule has 1 atom stereocenters. The average molecular weight is 292 g/mol. The van der Waals surface area contributed by atoms with Gasteiger partial charge in [-0.15, -0.1) is 0 Å². The van der Waals surface area contributed by atoms with Crippen LogP contribution in [0.2, 0.25) is 0 Å². The summed E-state index contributed by atoms with van der Waals surface area (Å²) in [6.07, 6.45) is 2.67. The first kappa shape index (κ1) is 16.7. The van der Waals surface area contributed by atoms with E-state index in [4.69, 9.17) is 10.8 Å². The second-order valence-electron chi connectivity index (χ2n) is 4.84. The lowest BCUT2D eigenvalue weighted by Gasteiger charge is -2.13. The predicted molar refractivity (Wildman–Crippen MR) is 77.8 cm³/mol. The highest BCUT2D eigenvalue weighted by Gasteiger charge is 2.22. The first-order chi connectivity index (χ1) is 9.93. The van der Waals surface area contributed by atoms with Crippen molar-refractivity contribution in [3.05, 3.63) is 35.4 Å². The Balaban J connectivity index is 2.69. The van der Waals surface area contributed by atoms with Gasteiger partial charge in [-0.3, -0.25) is 9.59 Å². The Hall–Kier alpha value is -2.37. The molecule has 1 unspecified atom stereocenters. The summed E-state index contributed by atoms with van der Waals surface area (Å²) in [6.45, 7) is 2.10. The fourth-order valence-corrected chi connectivity index (χ4v) is 1.85. The van der Waals surface area contributed by atoms with Gasteiger partial charge in [0.15, 0.2) is 0 Å². The number of benzene rings is 1. The van der Waals surface area contributed by atoms with Crippen molar-refractivity contribution in [3.63, 3.8) is 0 Å². The number of hydrogen-bond acceptors (Lipinski definition) is 3. The van der Waals surface area contributed by atoms with Crippen LogP contribution >= 0.6 is 0 Å². The first-order valence-electron chi connectivity index (χ1n) is 6.85. The molecular weight excluding hydrogens is 272 g/mol. The van der Waals surface area contributed by atoms with Gasteiger partial charge in [0.2, 0.25) is 5.91 Å². The van der Waals surface area contributed by atoms with E-state index < -0.39 is 30.2 Å². The highest BCUT2D eigenvalue weighted by Crippen LogP contribution is 2.08. The van der Waals surface area contributed by atoms with Crippen molar-refractivity contribution >= 4 is 17.8 Å². The Kier molecular flexibility index (Phi) is 6.39. The average Bonchev–Trinajstić information content (AvgIpc) is 2.44. The number of aliphatic carboxylic acids is 1. The third-order valence-electron chi connectivity index (χ3n) is 3.04. The molecule has 0 bridgehead atoms. The standard InChI is InChI=1S/C15H20N2O4/c1-2-3-4-10-5-7-11(8-6-10)14(19)17-12(15(20)21)9-13(16)18/h5-8,12H,2-4,9H2,1H3,(H2,16,18)(H,17,19)(H,20,21). The Morgan fingerprint density at radius 1 is 1.24 bits per heavy atom. The fraction of sp³-hybridized carbons (Fsp3) is 0.400. The van der Waals surface area contributed by atoms with Gasteiger partial charge in [0.1, 0.15) is 6.04 Å². The van der Waals surface area contributed by atoms with Gasteiger partial charge < -0.3 is 16.2 Å². The van der Waals surface area contributed by atoms with Gasteiger partial charge in [-0.05, 0) is 30.5 Å². The normalized spacial score (nSPS) is 11.7. The van der Waals surface area contributed by atoms with E-state index in [9.17, 15) is 14.4 Å². The van der Waals surface area contributed by atoms with Gasteiger partial charge in [-0.1, -0.05) is 25.5 Å². The van der Waals surface area contributed by atoms with Crippen LogP contribution in [0.5, 0.6) is 0 Å². The fourth-order valence-electron chi connectivity index (χ4n) is 1.85. The van der Waals surface area contributed by atoms with E-state index in [0.29, 0.717) is 5.56 Å². The molecule has 0 saturated carbocycles. The van der Waals surface area contributed by atoms with E-state index in [-0.39, 0.29) is 0 Å². The Labute approximate surface area is 123 Å². The lowest BCUT2D eigenvalue weighted by atomic mass is 10.1. The number of nitrogens with one attached hydrogen (secondary N) is 1. The van der Waals surface area contributed by atoms with Crippen LogP contribution in [-0.2, 0) is 16.0 Å². The SMILES string of the molecule is CCCCc1ccc(C(=O)NC(CC(N)=O)C(=O)O)cc1. The topological polar surface area (TPSA) is 109 Å². The number of nitrogens with two attached hydrogens (primary N) is 1. The minimum atomic E-state index is -1.31. The lowest BCUT2D eigenvalue weighted by molar-refractivity contribution is -0.140. The van der Waals surface area contributed by atoms with E-state index in [1.807, 2.05) is 12.1 Å². The second kappa shape index (κ2) is 8.04. The van der Waals surface area contributed by atoms with Crippen molar-refractivity contribution in [2.24, 2.45) is 5.73 Å². The van der Waals surface area contributed by atoms with Crippen LogP contribution in [-0.4, -0.2) is 28.9 Å². The van der Waals surface area contributed by atoms with Crippen molar-refractivity contribution in [1.82, 2.24) is 5.32 Å². The molecule has 0 radical (unpaired) electrons. The van der Waals surface area contributed by atoms with Crippen molar-refractivity contribution in [1.29, 1.82) is 0 Å². The van der Waals surface area contributed by atoms with Crippen LogP contribution < -0.4 is 11.1 Å². The van der Waals surface area contributed by atoms with Gasteiger partial charge in [-0.25, -0.2) is 4.79 Å². The molecule has 0 aliphatic heterocycles. The minimum absolute atomic E-state index is 0.353. The smallest absolute Gasteiger partial charge is 0.326 e. The van der Waals surface area contributed by atoms with Gasteiger partial charge in [0.05, 0.1) is 6.42 Å². The molecule has 0 aliphatic carbocycles. The Morgan fingerprint density at radius 2 is 1.86 bits per heavy atom. The molecule has 0 aliphatic rings. The number of hydrogen-bond donors (Lipinski definition) is 3. The summed E-state index contributed by atoms with van der Waals surface area (Å²) < 4.78 is 0. The molecule has 21 heavy (non-hydrogen) atoms. The molecule has 0 saturated heterocycles. The number of unbranched alkanes of at least 4 members (excludes halogenated alkanes) is 1. The third kappa shape index (κ3) is 5.64. The molecule has 0 spiro atoms. The number of carboxylic acid groups (broad SMARTS) is 1. The highest BCUT2D eigenvalue weighted by molar-refractivity contribution is 5.97. The number of rotatable bonds is 8. The molecule has 6 heteroatoms. The van der Waals surface area contributed by atoms with Crippen LogP contribution in [0.25, 0.3) is 0 Å². The molecule has 6 nitrogen and oxygen atoms in total. The van der Waals surface area contributed by atoms with Crippen molar-refractivity contribution in [3.8, 4) is 0 Å². The summed E-state index contributed by atoms with van der Waals surface area (Å²) in [4.78, 5) is 33.7. The lowest BCUT2D eigenvalue weighted by Crippen LogP contribution is -2.43. The van der Waals surface area contributed by atoms with E-state index in [0.717, 1.165) is 24.8 Å². The maximum absolute atomic E-state index is 11.9. The summed E-state index contributed by atoms with van der Waals surface area (Å²) in [7, 11) is 0. The van der Waals surface area contributed by atoms with Gasteiger partial charge in [-0.2, -0.15) is 0 Å². The van der Waals surface area contributed by atoms with E-state index in [2.05, 4.69) is 12.2 Å². The molecular formula is C15H20N2O4. The number of carbonyl (C=O) groups is 3. The van der Waals surface area contributed by atoms with Crippen LogP contribution in [0.3, 0.4) is 0 Å². The monoisotopic (exact) mass is 292 g/mol. The van der Waals surface area contributed by atoms with Gasteiger partial charge in [0.25, 0.3) is 5.91 Å². The summed E-state index contributed by atoms with van der Waals surface area (Å²) in [5, 5.41) is 11.2. The van der Waals surface area contributed by atoms with Crippen LogP contribution in [0, 0.1) is 0 Å². The van der Waals surface area contributed by atoms with Crippen molar-refractivity contribution < 1.29 is 19.5 Å². The zero-order chi connectivity index (χ0) is 15.8. The summed E-state index contributed by atoms with van der Waals surface area (Å²) >= 11 is 0. The molecule has 1 aromatic rings. The molecule has 1 aromatic carbocycles. The number of carboxylic acids is 1. The molecule has 0 heterocycles. The molecule has 0 fully saturated rings. The number of carbonyl (C=O) groups excluding carboxylic acids is 2. The maximum atomic E-state index is 11.9. The highest BCUT2D eigenvalue weighted by atomic mass is 16.4. The molecule has 0 aromatic heterocycles. The van der Waals surface area contributed by atoms with E-state index in [1.54, 1.807) is 12.1 Å². The first-order valence-corrected chi connectivity index (χ1v) is 6.85. The quantitative estimate of drug-likeness (QED) is 0.666. The minimum Gasteiger partial charge on any atom is -0.480 e. The van der Waals surface area contributed by atoms with E-state index in [1.165, 1.54) is 0 Å². The third-order valence-corrected chi connectivity index (χ3v) is 3.04. The summed E-state index contributed by atoms with van der Waals surface area (Å²) in [6, 6.07) is 5.66. The van der Waals surface area contributed by atoms with Crippen LogP contribution in [0.15, 0.2) is 24.3 Å². The summed E-state index contributed by atoms with van der Waals surface area (Å²) in [5.74, 6) is -2.61. The summed E-state index contributed by atoms with van der Waals surface area (Å²) in [5.41, 5.74) is 6.44. The molecule has 114 valence electrons. The zero-order valence-electron chi connectivity index (χ0n) is 12.0. The number of aryl methyl sites for hydroxylation is 1. The van der Waals surface area contributed by atoms with Gasteiger partial charge >= 0.3 is 5.97 Å². The molecule has 1 rings (SSSR count). The zero-order valence-corrected chi connectivity index (χ0v) is 12.0.